The molecule has 3 N–H and O–H groups in total. The normalized spacial score (nSPS) is 28.1. The summed E-state index contributed by atoms with van der Waals surface area (Å²) in [5, 5.41) is 9.23. The highest BCUT2D eigenvalue weighted by Gasteiger charge is 2.51. The zero-order valence-electron chi connectivity index (χ0n) is 13.5. The SMILES string of the molecule is C[N+]1(CC=CC2=C(C(=O)O)N3C(=O)[C@@H](N)[C@H]3SC2)CCCC1.Cl.[Cl-]. The van der Waals surface area contributed by atoms with Crippen molar-refractivity contribution in [2.24, 2.45) is 5.73 Å². The van der Waals surface area contributed by atoms with Gasteiger partial charge in [0, 0.05) is 18.6 Å². The molecule has 0 aromatic heterocycles. The van der Waals surface area contributed by atoms with E-state index in [-0.39, 0.29) is 41.8 Å². The van der Waals surface area contributed by atoms with Crippen LogP contribution >= 0.6 is 24.2 Å². The number of nitrogens with two attached hydrogens (primary N) is 1. The highest BCUT2D eigenvalue weighted by atomic mass is 35.5. The van der Waals surface area contributed by atoms with Crippen LogP contribution in [0.15, 0.2) is 23.4 Å². The van der Waals surface area contributed by atoms with Gasteiger partial charge in [0.25, 0.3) is 0 Å². The molecule has 0 radical (unpaired) electrons. The number of allylic oxidation sites excluding steroid dienone is 1. The van der Waals surface area contributed by atoms with E-state index in [0.29, 0.717) is 11.3 Å². The van der Waals surface area contributed by atoms with Crippen molar-refractivity contribution in [3.05, 3.63) is 23.4 Å². The third kappa shape index (κ3) is 3.75. The fraction of sp³-hybridized carbons (Fsp3) is 0.600. The number of carboxylic acid groups (broad SMARTS) is 1. The topological polar surface area (TPSA) is 83.6 Å². The molecule has 0 spiro atoms. The minimum Gasteiger partial charge on any atom is -1.00 e. The Bertz CT molecular complexity index is 576. The average molecular weight is 396 g/mol. The van der Waals surface area contributed by atoms with E-state index in [1.165, 1.54) is 42.6 Å². The molecule has 3 aliphatic rings. The first kappa shape index (κ1) is 21.3. The number of amides is 1. The summed E-state index contributed by atoms with van der Waals surface area (Å²) in [4.78, 5) is 24.7. The number of likely N-dealkylation sites (N-methyl/N-ethyl adjacent to an activating group) is 1. The highest BCUT2D eigenvalue weighted by Crippen LogP contribution is 2.39. The van der Waals surface area contributed by atoms with E-state index < -0.39 is 12.0 Å². The first-order valence-electron chi connectivity index (χ1n) is 7.60. The Morgan fingerprint density at radius 1 is 1.46 bits per heavy atom. The van der Waals surface area contributed by atoms with Crippen LogP contribution in [0.4, 0.5) is 0 Å². The van der Waals surface area contributed by atoms with Gasteiger partial charge in [-0.2, -0.15) is 0 Å². The van der Waals surface area contributed by atoms with E-state index in [4.69, 9.17) is 5.73 Å². The van der Waals surface area contributed by atoms with Crippen molar-refractivity contribution >= 4 is 36.0 Å². The molecular weight excluding hydrogens is 373 g/mol. The zero-order valence-corrected chi connectivity index (χ0v) is 15.9. The minimum absolute atomic E-state index is 0. The number of carbonyl (C=O) groups excluding carboxylic acids is 1. The van der Waals surface area contributed by atoms with Crippen molar-refractivity contribution in [2.75, 3.05) is 32.4 Å². The van der Waals surface area contributed by atoms with Crippen LogP contribution in [0.25, 0.3) is 0 Å². The Morgan fingerprint density at radius 2 is 2.08 bits per heavy atom. The molecule has 0 bridgehead atoms. The van der Waals surface area contributed by atoms with Gasteiger partial charge in [0.2, 0.25) is 5.91 Å². The van der Waals surface area contributed by atoms with Crippen molar-refractivity contribution in [3.8, 4) is 0 Å². The Labute approximate surface area is 158 Å². The standard InChI is InChI=1S/C15H21N3O3S.2ClH/c1-18(6-2-3-7-18)8-4-5-10-9-22-14-11(16)13(19)17(14)12(10)15(20)21;;/h4-5,11,14H,2-3,6-9,16H2,1H3;2*1H/t11-,14-;;/m1../s1. The van der Waals surface area contributed by atoms with Gasteiger partial charge in [0.15, 0.2) is 0 Å². The Kier molecular flexibility index (Phi) is 7.19. The van der Waals surface area contributed by atoms with Gasteiger partial charge >= 0.3 is 5.97 Å². The van der Waals surface area contributed by atoms with Gasteiger partial charge in [-0.05, 0) is 11.6 Å². The molecule has 2 saturated heterocycles. The second-order valence-electron chi connectivity index (χ2n) is 6.47. The van der Waals surface area contributed by atoms with Gasteiger partial charge in [0.05, 0.1) is 26.7 Å². The van der Waals surface area contributed by atoms with Crippen LogP contribution in [0.2, 0.25) is 0 Å². The van der Waals surface area contributed by atoms with Crippen molar-refractivity contribution in [3.63, 3.8) is 0 Å². The third-order valence-electron chi connectivity index (χ3n) is 4.75. The maximum Gasteiger partial charge on any atom is 0.352 e. The number of fused-ring (bicyclic) bond motifs is 1. The molecule has 0 aromatic carbocycles. The summed E-state index contributed by atoms with van der Waals surface area (Å²) in [6, 6.07) is -0.570. The van der Waals surface area contributed by atoms with Crippen LogP contribution in [-0.2, 0) is 9.59 Å². The molecule has 2 fully saturated rings. The lowest BCUT2D eigenvalue weighted by Crippen LogP contribution is -3.00. The number of likely N-dealkylation sites (tertiary alicyclic amines) is 1. The van der Waals surface area contributed by atoms with Gasteiger partial charge in [-0.1, -0.05) is 6.08 Å². The second-order valence-corrected chi connectivity index (χ2v) is 7.58. The van der Waals surface area contributed by atoms with Crippen LogP contribution in [0, 0.1) is 0 Å². The van der Waals surface area contributed by atoms with E-state index in [2.05, 4.69) is 13.1 Å². The first-order valence-corrected chi connectivity index (χ1v) is 8.65. The molecule has 0 unspecified atom stereocenters. The maximum atomic E-state index is 11.9. The molecule has 3 heterocycles. The zero-order chi connectivity index (χ0) is 15.9. The fourth-order valence-electron chi connectivity index (χ4n) is 3.40. The number of nitrogens with zero attached hydrogens (tertiary/aromatic N) is 2. The van der Waals surface area contributed by atoms with Gasteiger partial charge in [-0.15, -0.1) is 24.2 Å². The van der Waals surface area contributed by atoms with E-state index in [9.17, 15) is 14.7 Å². The van der Waals surface area contributed by atoms with Crippen molar-refractivity contribution in [1.29, 1.82) is 0 Å². The number of carboxylic acids is 1. The van der Waals surface area contributed by atoms with Gasteiger partial charge in [-0.3, -0.25) is 9.69 Å². The Morgan fingerprint density at radius 3 is 2.67 bits per heavy atom. The predicted molar refractivity (Wildman–Crippen MR) is 92.1 cm³/mol. The molecule has 0 saturated carbocycles. The number of β-lactam (4-membered cyclic amide) rings is 1. The smallest absolute Gasteiger partial charge is 0.352 e. The van der Waals surface area contributed by atoms with Crippen LogP contribution in [0.5, 0.6) is 0 Å². The second kappa shape index (κ2) is 8.10. The number of hydrogen-bond acceptors (Lipinski definition) is 4. The molecule has 0 aliphatic carbocycles. The lowest BCUT2D eigenvalue weighted by atomic mass is 10.0. The number of thioether (sulfide) groups is 1. The third-order valence-corrected chi connectivity index (χ3v) is 6.08. The predicted octanol–water partition coefficient (Wildman–Crippen LogP) is -2.21. The molecule has 3 aliphatic heterocycles. The summed E-state index contributed by atoms with van der Waals surface area (Å²) in [7, 11) is 2.23. The van der Waals surface area contributed by atoms with E-state index in [0.717, 1.165) is 11.0 Å². The van der Waals surface area contributed by atoms with Crippen molar-refractivity contribution in [2.45, 2.75) is 24.3 Å². The van der Waals surface area contributed by atoms with Gasteiger partial charge in [0.1, 0.15) is 17.1 Å². The minimum atomic E-state index is -1.05. The van der Waals surface area contributed by atoms with Crippen LogP contribution in [-0.4, -0.2) is 70.2 Å². The monoisotopic (exact) mass is 395 g/mol. The first-order chi connectivity index (χ1) is 10.4. The van der Waals surface area contributed by atoms with Crippen LogP contribution in [0.3, 0.4) is 0 Å². The quantitative estimate of drug-likeness (QED) is 0.416. The van der Waals surface area contributed by atoms with Gasteiger partial charge < -0.3 is 27.7 Å². The fourth-order valence-corrected chi connectivity index (χ4v) is 4.66. The molecule has 2 atom stereocenters. The summed E-state index contributed by atoms with van der Waals surface area (Å²) < 4.78 is 1.01. The van der Waals surface area contributed by atoms with Crippen molar-refractivity contribution in [1.82, 2.24) is 4.90 Å². The number of hydrogen-bond donors (Lipinski definition) is 2. The average Bonchev–Trinajstić information content (AvgIpc) is 2.92. The summed E-state index contributed by atoms with van der Waals surface area (Å²) >= 11 is 1.54. The van der Waals surface area contributed by atoms with E-state index >= 15 is 0 Å². The molecule has 24 heavy (non-hydrogen) atoms. The lowest BCUT2D eigenvalue weighted by molar-refractivity contribution is -0.891. The number of quaternary nitrogens is 1. The van der Waals surface area contributed by atoms with Crippen LogP contribution in [0.1, 0.15) is 12.8 Å². The molecule has 136 valence electrons. The summed E-state index contributed by atoms with van der Waals surface area (Å²) in [5.41, 5.74) is 6.55. The molecule has 1 amide bonds. The Hall–Kier alpha value is -0.730. The number of rotatable bonds is 4. The number of aliphatic carboxylic acids is 1. The molecule has 6 nitrogen and oxygen atoms in total. The summed E-state index contributed by atoms with van der Waals surface area (Å²) in [6.45, 7) is 3.24. The van der Waals surface area contributed by atoms with Crippen molar-refractivity contribution < 1.29 is 31.6 Å². The molecule has 0 aromatic rings. The Balaban J connectivity index is 0.00000144. The molecule has 9 heteroatoms. The molecule has 3 rings (SSSR count). The van der Waals surface area contributed by atoms with Crippen LogP contribution < -0.4 is 18.1 Å². The lowest BCUT2D eigenvalue weighted by Gasteiger charge is -2.47. The molecular formula is C15H23Cl2N3O3S. The number of carbonyl (C=O) groups is 2. The van der Waals surface area contributed by atoms with E-state index in [1.54, 1.807) is 0 Å². The van der Waals surface area contributed by atoms with Gasteiger partial charge in [-0.25, -0.2) is 4.79 Å². The highest BCUT2D eigenvalue weighted by molar-refractivity contribution is 8.00. The maximum absolute atomic E-state index is 11.9. The number of halogens is 2. The summed E-state index contributed by atoms with van der Waals surface area (Å²) in [5.74, 6) is -0.755. The van der Waals surface area contributed by atoms with E-state index in [1.807, 2.05) is 6.08 Å². The largest absolute Gasteiger partial charge is 1.00 e. The summed E-state index contributed by atoms with van der Waals surface area (Å²) in [6.07, 6.45) is 6.44.